The molecule has 3 amide bonds. The third-order valence-corrected chi connectivity index (χ3v) is 9.41. The van der Waals surface area contributed by atoms with Crippen molar-refractivity contribution in [1.29, 1.82) is 0 Å². The minimum atomic E-state index is -3.72. The Balaban J connectivity index is 1.32. The molecular weight excluding hydrogens is 779 g/mol. The lowest BCUT2D eigenvalue weighted by Crippen LogP contribution is -2.32. The van der Waals surface area contributed by atoms with Gasteiger partial charge in [0.15, 0.2) is 5.75 Å². The van der Waals surface area contributed by atoms with E-state index in [-0.39, 0.29) is 28.9 Å². The van der Waals surface area contributed by atoms with E-state index in [1.54, 1.807) is 61.8 Å². The Labute approximate surface area is 344 Å². The molecule has 314 valence electrons. The van der Waals surface area contributed by atoms with Crippen LogP contribution in [0.25, 0.3) is 10.8 Å². The average molecular weight is 830 g/mol. The molecule has 17 heteroatoms. The Morgan fingerprint density at radius 3 is 2.27 bits per heavy atom. The molecule has 0 unspecified atom stereocenters. The average Bonchev–Trinajstić information content (AvgIpc) is 3.19. The molecule has 0 spiro atoms. The molecule has 0 radical (unpaired) electrons. The van der Waals surface area contributed by atoms with Gasteiger partial charge in [-0.3, -0.25) is 14.4 Å². The lowest BCUT2D eigenvalue weighted by molar-refractivity contribution is 0.0255. The molecule has 0 aliphatic heterocycles. The van der Waals surface area contributed by atoms with Gasteiger partial charge in [-0.15, -0.1) is 0 Å². The molecule has 0 aliphatic rings. The van der Waals surface area contributed by atoms with Crippen LogP contribution >= 0.6 is 0 Å². The summed E-state index contributed by atoms with van der Waals surface area (Å²) in [6.45, 7) is 8.86. The molecule has 59 heavy (non-hydrogen) atoms. The Hall–Kier alpha value is -6.01. The maximum atomic E-state index is 13.4. The van der Waals surface area contributed by atoms with E-state index in [2.05, 4.69) is 25.3 Å². The minimum absolute atomic E-state index is 0.111. The number of primary amides is 1. The predicted octanol–water partition coefficient (Wildman–Crippen LogP) is 6.34. The summed E-state index contributed by atoms with van der Waals surface area (Å²) in [6, 6.07) is 22.1. The zero-order chi connectivity index (χ0) is 42.6. The highest BCUT2D eigenvalue weighted by Crippen LogP contribution is 2.46. The molecule has 16 nitrogen and oxygen atoms in total. The molecule has 5 N–H and O–H groups in total. The second-order valence-electron chi connectivity index (χ2n) is 14.4. The van der Waals surface area contributed by atoms with Gasteiger partial charge in [0.1, 0.15) is 5.75 Å². The van der Waals surface area contributed by atoms with E-state index in [0.29, 0.717) is 79.8 Å². The van der Waals surface area contributed by atoms with Gasteiger partial charge >= 0.3 is 6.03 Å². The number of methoxy groups -OCH3 is 2. The SMILES string of the molecule is COCCOCCOCCNC(=O)c1cccc(CNc2nccc(Oc3ccc(N(C(N)=O)c4cc(C(C)(C)C)cc(NS(C)(=O)=O)c4OC)c4ccccc34)n2)c1. The fourth-order valence-electron chi connectivity index (χ4n) is 6.01. The highest BCUT2D eigenvalue weighted by molar-refractivity contribution is 7.92. The summed E-state index contributed by atoms with van der Waals surface area (Å²) >= 11 is 0. The summed E-state index contributed by atoms with van der Waals surface area (Å²) in [5.74, 6) is 0.876. The number of carbonyl (C=O) groups excluding carboxylic acids is 2. The lowest BCUT2D eigenvalue weighted by Gasteiger charge is -2.29. The summed E-state index contributed by atoms with van der Waals surface area (Å²) in [7, 11) is -0.717. The number of carbonyl (C=O) groups is 2. The fourth-order valence-corrected chi connectivity index (χ4v) is 6.56. The number of ether oxygens (including phenoxy) is 5. The van der Waals surface area contributed by atoms with E-state index in [1.807, 2.05) is 51.1 Å². The van der Waals surface area contributed by atoms with Crippen LogP contribution in [-0.2, 0) is 36.2 Å². The van der Waals surface area contributed by atoms with Crippen LogP contribution in [-0.4, -0.2) is 90.4 Å². The third kappa shape index (κ3) is 12.2. The largest absolute Gasteiger partial charge is 0.492 e. The summed E-state index contributed by atoms with van der Waals surface area (Å²) < 4.78 is 55.1. The van der Waals surface area contributed by atoms with E-state index in [4.69, 9.17) is 29.4 Å². The molecule has 0 saturated heterocycles. The van der Waals surface area contributed by atoms with Gasteiger partial charge in [0.25, 0.3) is 5.91 Å². The molecule has 0 saturated carbocycles. The number of nitrogens with two attached hydrogens (primary N) is 1. The normalized spacial score (nSPS) is 11.6. The topological polar surface area (TPSA) is 206 Å². The number of nitrogens with zero attached hydrogens (tertiary/aromatic N) is 3. The van der Waals surface area contributed by atoms with Gasteiger partial charge in [0.05, 0.1) is 63.5 Å². The molecular formula is C42H51N7O9S. The van der Waals surface area contributed by atoms with Crippen LogP contribution in [0.3, 0.4) is 0 Å². The monoisotopic (exact) mass is 829 g/mol. The number of rotatable bonds is 20. The van der Waals surface area contributed by atoms with Crippen molar-refractivity contribution in [2.45, 2.75) is 32.7 Å². The van der Waals surface area contributed by atoms with Crippen LogP contribution in [0.2, 0.25) is 0 Å². The number of anilines is 4. The van der Waals surface area contributed by atoms with E-state index < -0.39 is 21.5 Å². The summed E-state index contributed by atoms with van der Waals surface area (Å²) in [5, 5.41) is 7.29. The van der Waals surface area contributed by atoms with Crippen molar-refractivity contribution in [3.63, 3.8) is 0 Å². The van der Waals surface area contributed by atoms with Crippen molar-refractivity contribution in [3.05, 3.63) is 102 Å². The predicted molar refractivity (Wildman–Crippen MR) is 228 cm³/mol. The lowest BCUT2D eigenvalue weighted by atomic mass is 9.86. The van der Waals surface area contributed by atoms with Crippen LogP contribution < -0.4 is 35.5 Å². The van der Waals surface area contributed by atoms with Gasteiger partial charge in [0, 0.05) is 48.8 Å². The zero-order valence-electron chi connectivity index (χ0n) is 34.0. The smallest absolute Gasteiger partial charge is 0.324 e. The van der Waals surface area contributed by atoms with E-state index >= 15 is 0 Å². The van der Waals surface area contributed by atoms with Crippen LogP contribution in [0.5, 0.6) is 17.4 Å². The van der Waals surface area contributed by atoms with Crippen LogP contribution in [0.1, 0.15) is 42.3 Å². The van der Waals surface area contributed by atoms with Gasteiger partial charge in [0.2, 0.25) is 21.9 Å². The van der Waals surface area contributed by atoms with Crippen molar-refractivity contribution in [2.24, 2.45) is 5.73 Å². The van der Waals surface area contributed by atoms with Crippen LogP contribution in [0, 0.1) is 0 Å². The van der Waals surface area contributed by atoms with Gasteiger partial charge in [-0.2, -0.15) is 4.98 Å². The van der Waals surface area contributed by atoms with Crippen molar-refractivity contribution in [1.82, 2.24) is 15.3 Å². The summed E-state index contributed by atoms with van der Waals surface area (Å²) in [4.78, 5) is 36.3. The number of hydrogen-bond acceptors (Lipinski definition) is 12. The first-order valence-electron chi connectivity index (χ1n) is 18.8. The van der Waals surface area contributed by atoms with Crippen molar-refractivity contribution in [3.8, 4) is 17.4 Å². The van der Waals surface area contributed by atoms with E-state index in [1.165, 1.54) is 12.0 Å². The molecule has 0 atom stereocenters. The van der Waals surface area contributed by atoms with Gasteiger partial charge in [-0.25, -0.2) is 18.2 Å². The zero-order valence-corrected chi connectivity index (χ0v) is 34.9. The minimum Gasteiger partial charge on any atom is -0.492 e. The summed E-state index contributed by atoms with van der Waals surface area (Å²) in [6.07, 6.45) is 2.60. The van der Waals surface area contributed by atoms with E-state index in [9.17, 15) is 18.0 Å². The van der Waals surface area contributed by atoms with Crippen LogP contribution in [0.15, 0.2) is 85.1 Å². The Morgan fingerprint density at radius 2 is 1.58 bits per heavy atom. The molecule has 4 aromatic carbocycles. The van der Waals surface area contributed by atoms with Gasteiger partial charge in [-0.1, -0.05) is 57.2 Å². The standard InChI is InChI=1S/C42H51N7O9S/c1-42(2,3)30-25-33(48-59(6,52)53)38(55-5)35(26-30)49(40(43)51)34-14-15-36(32-13-8-7-12-31(32)34)58-37-16-17-45-41(47-37)46-27-28-10-9-11-29(24-28)39(50)44-18-19-56-22-23-57-21-20-54-4/h7-17,24-26,48H,18-23,27H2,1-6H3,(H2,43,51)(H,44,50)(H,45,46,47). The van der Waals surface area contributed by atoms with Crippen LogP contribution in [0.4, 0.5) is 27.8 Å². The van der Waals surface area contributed by atoms with Crippen molar-refractivity contribution >= 4 is 55.7 Å². The maximum absolute atomic E-state index is 13.4. The molecule has 5 rings (SSSR count). The first kappa shape index (κ1) is 44.1. The number of hydrogen-bond donors (Lipinski definition) is 4. The highest BCUT2D eigenvalue weighted by atomic mass is 32.2. The number of fused-ring (bicyclic) bond motifs is 1. The quantitative estimate of drug-likeness (QED) is 0.0635. The maximum Gasteiger partial charge on any atom is 0.324 e. The molecule has 0 aliphatic carbocycles. The molecule has 1 aromatic heterocycles. The molecule has 0 fully saturated rings. The highest BCUT2D eigenvalue weighted by Gasteiger charge is 2.28. The van der Waals surface area contributed by atoms with Crippen molar-refractivity contribution < 1.29 is 41.7 Å². The fraction of sp³-hybridized carbons (Fsp3) is 0.333. The third-order valence-electron chi connectivity index (χ3n) is 8.82. The first-order chi connectivity index (χ1) is 28.2. The number of urea groups is 1. The summed E-state index contributed by atoms with van der Waals surface area (Å²) in [5.41, 5.74) is 8.52. The van der Waals surface area contributed by atoms with E-state index in [0.717, 1.165) is 17.4 Å². The van der Waals surface area contributed by atoms with Gasteiger partial charge in [-0.05, 0) is 52.9 Å². The van der Waals surface area contributed by atoms with Gasteiger partial charge < -0.3 is 40.1 Å². The number of benzene rings is 4. The Kier molecular flexibility index (Phi) is 15.0. The Bertz CT molecular complexity index is 2350. The Morgan fingerprint density at radius 1 is 0.847 bits per heavy atom. The number of aromatic nitrogens is 2. The molecule has 5 aromatic rings. The second-order valence-corrected chi connectivity index (χ2v) is 16.1. The first-order valence-corrected chi connectivity index (χ1v) is 20.7. The molecule has 1 heterocycles. The number of nitrogens with one attached hydrogen (secondary N) is 3. The number of amides is 3. The molecule has 0 bridgehead atoms. The van der Waals surface area contributed by atoms with Crippen molar-refractivity contribution in [2.75, 3.05) is 75.0 Å². The second kappa shape index (κ2) is 20.1. The number of sulfonamides is 1.